The molecule has 31 heavy (non-hydrogen) atoms. The molecule has 1 aliphatic heterocycles. The van der Waals surface area contributed by atoms with Gasteiger partial charge in [-0.25, -0.2) is 9.97 Å². The van der Waals surface area contributed by atoms with E-state index in [1.165, 1.54) is 24.7 Å². The van der Waals surface area contributed by atoms with Gasteiger partial charge in [0.25, 0.3) is 5.56 Å². The number of anilines is 1. The van der Waals surface area contributed by atoms with Crippen LogP contribution in [0, 0.1) is 0 Å². The average Bonchev–Trinajstić information content (AvgIpc) is 3.31. The van der Waals surface area contributed by atoms with Crippen LogP contribution in [-0.4, -0.2) is 56.7 Å². The first-order valence-corrected chi connectivity index (χ1v) is 11.1. The summed E-state index contributed by atoms with van der Waals surface area (Å²) in [6, 6.07) is 6.36. The highest BCUT2D eigenvalue weighted by Gasteiger charge is 2.21. The molecule has 0 amide bonds. The van der Waals surface area contributed by atoms with E-state index in [4.69, 9.17) is 4.74 Å². The van der Waals surface area contributed by atoms with E-state index in [0.717, 1.165) is 62.2 Å². The van der Waals surface area contributed by atoms with E-state index in [1.54, 1.807) is 24.1 Å². The number of piperazine rings is 1. The lowest BCUT2D eigenvalue weighted by Crippen LogP contribution is -2.46. The maximum atomic E-state index is 11.8. The normalized spacial score (nSPS) is 18.0. The molecule has 1 aromatic carbocycles. The smallest absolute Gasteiger partial charge is 0.268 e. The largest absolute Gasteiger partial charge is 0.474 e. The van der Waals surface area contributed by atoms with Crippen LogP contribution in [-0.2, 0) is 13.6 Å². The Balaban J connectivity index is 1.29. The van der Waals surface area contributed by atoms with Crippen LogP contribution in [0.3, 0.4) is 0 Å². The third-order valence-electron chi connectivity index (χ3n) is 6.46. The van der Waals surface area contributed by atoms with Crippen molar-refractivity contribution in [2.24, 2.45) is 7.05 Å². The second kappa shape index (κ2) is 8.63. The molecular weight excluding hydrogens is 392 g/mol. The molecular formula is C23H28N6O2. The van der Waals surface area contributed by atoms with Gasteiger partial charge in [-0.2, -0.15) is 0 Å². The van der Waals surface area contributed by atoms with Crippen molar-refractivity contribution in [3.8, 4) is 5.88 Å². The molecule has 1 saturated heterocycles. The molecule has 2 aliphatic rings. The summed E-state index contributed by atoms with van der Waals surface area (Å²) in [5, 5.41) is 0.986. The number of nitrogens with zero attached hydrogens (tertiary/aromatic N) is 6. The number of hydrogen-bond acceptors (Lipinski definition) is 7. The van der Waals surface area contributed by atoms with Crippen LogP contribution in [0.1, 0.15) is 31.4 Å². The van der Waals surface area contributed by atoms with Crippen molar-refractivity contribution >= 4 is 16.6 Å². The minimum Gasteiger partial charge on any atom is -0.474 e. The van der Waals surface area contributed by atoms with Gasteiger partial charge in [0.05, 0.1) is 22.8 Å². The first kappa shape index (κ1) is 19.9. The first-order chi connectivity index (χ1) is 15.2. The average molecular weight is 421 g/mol. The van der Waals surface area contributed by atoms with Crippen molar-refractivity contribution < 1.29 is 4.74 Å². The summed E-state index contributed by atoms with van der Waals surface area (Å²) in [5.74, 6) is 0.704. The van der Waals surface area contributed by atoms with Gasteiger partial charge in [-0.15, -0.1) is 0 Å². The quantitative estimate of drug-likeness (QED) is 0.627. The lowest BCUT2D eigenvalue weighted by atomic mass is 10.1. The molecule has 162 valence electrons. The van der Waals surface area contributed by atoms with Crippen LogP contribution in [0.4, 0.5) is 5.69 Å². The topological polar surface area (TPSA) is 76.4 Å². The van der Waals surface area contributed by atoms with Gasteiger partial charge in [-0.05, 0) is 43.9 Å². The molecule has 0 N–H and O–H groups in total. The summed E-state index contributed by atoms with van der Waals surface area (Å²) >= 11 is 0. The van der Waals surface area contributed by atoms with Gasteiger partial charge in [0.1, 0.15) is 12.4 Å². The highest BCUT2D eigenvalue weighted by Crippen LogP contribution is 2.30. The second-order valence-corrected chi connectivity index (χ2v) is 8.46. The van der Waals surface area contributed by atoms with E-state index in [9.17, 15) is 4.79 Å². The van der Waals surface area contributed by atoms with Crippen molar-refractivity contribution in [2.75, 3.05) is 31.1 Å². The molecule has 0 radical (unpaired) electrons. The molecule has 5 rings (SSSR count). The Morgan fingerprint density at radius 3 is 2.68 bits per heavy atom. The van der Waals surface area contributed by atoms with Crippen LogP contribution in [0.15, 0.2) is 41.7 Å². The fourth-order valence-electron chi connectivity index (χ4n) is 4.52. The Morgan fingerprint density at radius 2 is 1.87 bits per heavy atom. The van der Waals surface area contributed by atoms with E-state index < -0.39 is 0 Å². The zero-order valence-corrected chi connectivity index (χ0v) is 17.9. The van der Waals surface area contributed by atoms with Crippen LogP contribution in [0.2, 0.25) is 0 Å². The van der Waals surface area contributed by atoms with Gasteiger partial charge >= 0.3 is 0 Å². The van der Waals surface area contributed by atoms with Gasteiger partial charge in [0.15, 0.2) is 0 Å². The minimum absolute atomic E-state index is 0.0647. The monoisotopic (exact) mass is 420 g/mol. The van der Waals surface area contributed by atoms with Crippen LogP contribution >= 0.6 is 0 Å². The van der Waals surface area contributed by atoms with Gasteiger partial charge in [0.2, 0.25) is 5.88 Å². The van der Waals surface area contributed by atoms with E-state index in [-0.39, 0.29) is 11.7 Å². The molecule has 0 bridgehead atoms. The third-order valence-corrected chi connectivity index (χ3v) is 6.46. The molecule has 1 saturated carbocycles. The van der Waals surface area contributed by atoms with E-state index in [1.807, 2.05) is 0 Å². The maximum absolute atomic E-state index is 11.8. The molecule has 0 atom stereocenters. The van der Waals surface area contributed by atoms with Gasteiger partial charge < -0.3 is 14.2 Å². The number of benzene rings is 1. The number of hydrogen-bond donors (Lipinski definition) is 0. The lowest BCUT2D eigenvalue weighted by molar-refractivity contribution is 0.204. The molecule has 8 heteroatoms. The summed E-state index contributed by atoms with van der Waals surface area (Å²) in [6.07, 6.45) is 9.68. The molecule has 0 unspecified atom stereocenters. The first-order valence-electron chi connectivity index (χ1n) is 11.1. The Kier molecular flexibility index (Phi) is 5.55. The minimum atomic E-state index is -0.0647. The van der Waals surface area contributed by atoms with Gasteiger partial charge in [0, 0.05) is 51.7 Å². The Hall–Kier alpha value is -3.00. The van der Waals surface area contributed by atoms with Crippen LogP contribution < -0.4 is 15.2 Å². The fourth-order valence-corrected chi connectivity index (χ4v) is 4.52. The number of aromatic nitrogens is 4. The van der Waals surface area contributed by atoms with Crippen LogP contribution in [0.5, 0.6) is 5.88 Å². The number of rotatable bonds is 5. The van der Waals surface area contributed by atoms with Gasteiger partial charge in [-0.3, -0.25) is 14.7 Å². The summed E-state index contributed by atoms with van der Waals surface area (Å²) in [5.41, 5.74) is 2.97. The fraction of sp³-hybridized carbons (Fsp3) is 0.478. The van der Waals surface area contributed by atoms with Crippen molar-refractivity contribution in [1.82, 2.24) is 24.4 Å². The molecule has 2 fully saturated rings. The zero-order chi connectivity index (χ0) is 21.2. The Labute approximate surface area is 181 Å². The lowest BCUT2D eigenvalue weighted by Gasteiger charge is -2.36. The van der Waals surface area contributed by atoms with Gasteiger partial charge in [-0.1, -0.05) is 0 Å². The van der Waals surface area contributed by atoms with Crippen molar-refractivity contribution in [1.29, 1.82) is 0 Å². The predicted molar refractivity (Wildman–Crippen MR) is 119 cm³/mol. The molecule has 3 aromatic rings. The highest BCUT2D eigenvalue weighted by molar-refractivity contribution is 5.86. The molecule has 8 nitrogen and oxygen atoms in total. The van der Waals surface area contributed by atoms with E-state index >= 15 is 0 Å². The van der Waals surface area contributed by atoms with Crippen molar-refractivity contribution in [3.05, 3.63) is 53.0 Å². The summed E-state index contributed by atoms with van der Waals surface area (Å²) in [4.78, 5) is 29.5. The van der Waals surface area contributed by atoms with E-state index in [0.29, 0.717) is 5.88 Å². The molecule has 0 spiro atoms. The predicted octanol–water partition coefficient (Wildman–Crippen LogP) is 2.37. The Morgan fingerprint density at radius 1 is 1.06 bits per heavy atom. The second-order valence-electron chi connectivity index (χ2n) is 8.46. The molecule has 2 aromatic heterocycles. The van der Waals surface area contributed by atoms with Crippen molar-refractivity contribution in [2.45, 2.75) is 38.3 Å². The number of ether oxygens (including phenoxy) is 1. The highest BCUT2D eigenvalue weighted by atomic mass is 16.5. The summed E-state index contributed by atoms with van der Waals surface area (Å²) in [6.45, 7) is 4.44. The Bertz CT molecular complexity index is 1120. The standard InChI is InChI=1S/C23H28N6O2/c1-27-18(13-24-14-22(27)30)15-28-8-10-29(11-9-28)17-6-7-21-20(12-17)23(26-16-25-21)31-19-4-2-3-5-19/h6-7,12-14,16,19H,2-5,8-11,15H2,1H3. The summed E-state index contributed by atoms with van der Waals surface area (Å²) in [7, 11) is 1.80. The number of fused-ring (bicyclic) bond motifs is 1. The summed E-state index contributed by atoms with van der Waals surface area (Å²) < 4.78 is 7.90. The van der Waals surface area contributed by atoms with Crippen LogP contribution in [0.25, 0.3) is 10.9 Å². The van der Waals surface area contributed by atoms with E-state index in [2.05, 4.69) is 43.0 Å². The molecule has 3 heterocycles. The third kappa shape index (κ3) is 4.25. The zero-order valence-electron chi connectivity index (χ0n) is 17.9. The maximum Gasteiger partial charge on any atom is 0.268 e. The SMILES string of the molecule is Cn1c(CN2CCN(c3ccc4ncnc(OC5CCCC5)c4c3)CC2)cncc1=O. The molecule has 1 aliphatic carbocycles. The van der Waals surface area contributed by atoms with Crippen molar-refractivity contribution in [3.63, 3.8) is 0 Å².